The van der Waals surface area contributed by atoms with Gasteiger partial charge >= 0.3 is 0 Å². The van der Waals surface area contributed by atoms with Crippen LogP contribution in [0.25, 0.3) is 76.5 Å². The highest BCUT2D eigenvalue weighted by Gasteiger charge is 2.46. The van der Waals surface area contributed by atoms with Crippen LogP contribution >= 0.6 is 0 Å². The summed E-state index contributed by atoms with van der Waals surface area (Å²) in [5.74, 6) is 0. The van der Waals surface area contributed by atoms with Crippen molar-refractivity contribution >= 4 is 71.3 Å². The summed E-state index contributed by atoms with van der Waals surface area (Å²) in [6.07, 6.45) is 0. The predicted octanol–water partition coefficient (Wildman–Crippen LogP) is 16.5. The van der Waals surface area contributed by atoms with Crippen LogP contribution in [0.2, 0.25) is 0 Å². The van der Waals surface area contributed by atoms with Crippen molar-refractivity contribution in [3.05, 3.63) is 259 Å². The van der Waals surface area contributed by atoms with Gasteiger partial charge in [-0.3, -0.25) is 0 Å². The van der Waals surface area contributed by atoms with Gasteiger partial charge in [0.25, 0.3) is 0 Å². The highest BCUT2D eigenvalue weighted by atomic mass is 16.3. The molecule has 0 saturated heterocycles. The van der Waals surface area contributed by atoms with Gasteiger partial charge in [-0.2, -0.15) is 0 Å². The minimum Gasteiger partial charge on any atom is -0.455 e. The average molecular weight is 802 g/mol. The number of hydrogen-bond acceptors (Lipinski definition) is 2. The maximum Gasteiger partial charge on any atom is 0.145 e. The van der Waals surface area contributed by atoms with Crippen LogP contribution in [0.5, 0.6) is 0 Å². The van der Waals surface area contributed by atoms with Crippen molar-refractivity contribution in [3.63, 3.8) is 0 Å². The summed E-state index contributed by atoms with van der Waals surface area (Å²) < 4.78 is 6.82. The van der Waals surface area contributed by atoms with E-state index >= 15 is 0 Å². The molecule has 0 N–H and O–H groups in total. The Morgan fingerprint density at radius 1 is 0.349 bits per heavy atom. The summed E-state index contributed by atoms with van der Waals surface area (Å²) in [6.45, 7) is 0. The first-order valence-corrected chi connectivity index (χ1v) is 21.8. The van der Waals surface area contributed by atoms with Gasteiger partial charge in [0.15, 0.2) is 0 Å². The second kappa shape index (κ2) is 13.9. The van der Waals surface area contributed by atoms with Gasteiger partial charge in [-0.05, 0) is 114 Å². The van der Waals surface area contributed by atoms with Crippen molar-refractivity contribution < 1.29 is 4.42 Å². The van der Waals surface area contributed by atoms with Gasteiger partial charge in [0, 0.05) is 22.1 Å². The van der Waals surface area contributed by atoms with E-state index in [0.717, 1.165) is 49.8 Å². The lowest BCUT2D eigenvalue weighted by molar-refractivity contribution is 0.672. The highest BCUT2D eigenvalue weighted by Crippen LogP contribution is 2.58. The molecule has 1 aliphatic rings. The van der Waals surface area contributed by atoms with Gasteiger partial charge in [0.1, 0.15) is 11.2 Å². The SMILES string of the molecule is c1ccc(C2(c3ccccc3)c3ccccc3-c3ccc(N(c4ccc(-c5cc6ccccc6c6ccccc56)cc4)c4cc5ccccc5c5oc6ccccc6c45)cc32)cc1. The Bertz CT molecular complexity index is 3690. The van der Waals surface area contributed by atoms with Gasteiger partial charge in [-0.25, -0.2) is 0 Å². The van der Waals surface area contributed by atoms with E-state index in [-0.39, 0.29) is 0 Å². The molecule has 1 aromatic heterocycles. The largest absolute Gasteiger partial charge is 0.455 e. The van der Waals surface area contributed by atoms with E-state index in [1.54, 1.807) is 0 Å². The third kappa shape index (κ3) is 5.25. The van der Waals surface area contributed by atoms with Gasteiger partial charge < -0.3 is 9.32 Å². The van der Waals surface area contributed by atoms with Crippen molar-refractivity contribution in [2.24, 2.45) is 0 Å². The molecule has 13 rings (SSSR count). The Labute approximate surface area is 365 Å². The van der Waals surface area contributed by atoms with Crippen molar-refractivity contribution in [1.29, 1.82) is 0 Å². The zero-order valence-electron chi connectivity index (χ0n) is 34.4. The predicted molar refractivity (Wildman–Crippen MR) is 264 cm³/mol. The fourth-order valence-electron chi connectivity index (χ4n) is 10.8. The minimum atomic E-state index is -0.543. The number of fused-ring (bicyclic) bond motifs is 11. The van der Waals surface area contributed by atoms with Crippen LogP contribution in [0, 0.1) is 0 Å². The van der Waals surface area contributed by atoms with E-state index < -0.39 is 5.41 Å². The molecule has 0 fully saturated rings. The summed E-state index contributed by atoms with van der Waals surface area (Å²) in [6, 6.07) is 86.7. The molecule has 0 saturated carbocycles. The van der Waals surface area contributed by atoms with Crippen LogP contribution in [0.3, 0.4) is 0 Å². The lowest BCUT2D eigenvalue weighted by atomic mass is 9.67. The molecule has 2 heteroatoms. The fraction of sp³-hybridized carbons (Fsp3) is 0.0164. The smallest absolute Gasteiger partial charge is 0.145 e. The third-order valence-electron chi connectivity index (χ3n) is 13.5. The molecule has 2 nitrogen and oxygen atoms in total. The first-order chi connectivity index (χ1) is 31.3. The lowest BCUT2D eigenvalue weighted by Crippen LogP contribution is -2.28. The molecule has 1 heterocycles. The molecule has 0 atom stereocenters. The van der Waals surface area contributed by atoms with Gasteiger partial charge in [0.2, 0.25) is 0 Å². The monoisotopic (exact) mass is 801 g/mol. The van der Waals surface area contributed by atoms with Gasteiger partial charge in [-0.1, -0.05) is 194 Å². The molecule has 0 amide bonds. The maximum atomic E-state index is 6.82. The Morgan fingerprint density at radius 3 is 1.65 bits per heavy atom. The van der Waals surface area contributed by atoms with Crippen molar-refractivity contribution in [1.82, 2.24) is 0 Å². The fourth-order valence-corrected chi connectivity index (χ4v) is 10.8. The van der Waals surface area contributed by atoms with Crippen molar-refractivity contribution in [2.45, 2.75) is 5.41 Å². The Balaban J connectivity index is 1.10. The molecular weight excluding hydrogens is 763 g/mol. The van der Waals surface area contributed by atoms with E-state index in [1.807, 2.05) is 0 Å². The maximum absolute atomic E-state index is 6.82. The normalized spacial score (nSPS) is 12.9. The summed E-state index contributed by atoms with van der Waals surface area (Å²) in [5.41, 5.74) is 14.4. The quantitative estimate of drug-likeness (QED) is 0.156. The van der Waals surface area contributed by atoms with Gasteiger partial charge in [-0.15, -0.1) is 0 Å². The average Bonchev–Trinajstić information content (AvgIpc) is 3.89. The molecule has 63 heavy (non-hydrogen) atoms. The van der Waals surface area contributed by atoms with E-state index in [9.17, 15) is 0 Å². The zero-order chi connectivity index (χ0) is 41.5. The number of benzene rings is 11. The molecule has 12 aromatic rings. The third-order valence-corrected chi connectivity index (χ3v) is 13.5. The number of nitrogens with zero attached hydrogens (tertiary/aromatic N) is 1. The van der Waals surface area contributed by atoms with Crippen LogP contribution in [-0.2, 0) is 5.41 Å². The second-order valence-electron chi connectivity index (χ2n) is 16.7. The first kappa shape index (κ1) is 35.5. The Kier molecular flexibility index (Phi) is 7.85. The van der Waals surface area contributed by atoms with E-state index in [2.05, 4.69) is 241 Å². The second-order valence-corrected chi connectivity index (χ2v) is 16.7. The van der Waals surface area contributed by atoms with Crippen LogP contribution in [0.1, 0.15) is 22.3 Å². The molecule has 0 aliphatic heterocycles. The molecule has 1 aliphatic carbocycles. The Morgan fingerprint density at radius 2 is 0.905 bits per heavy atom. The molecule has 294 valence electrons. The topological polar surface area (TPSA) is 16.4 Å². The molecule has 0 bridgehead atoms. The first-order valence-electron chi connectivity index (χ1n) is 21.8. The molecule has 11 aromatic carbocycles. The molecular formula is C61H39NO. The number of para-hydroxylation sites is 1. The number of furan rings is 1. The number of hydrogen-bond donors (Lipinski definition) is 0. The molecule has 0 unspecified atom stereocenters. The standard InChI is InChI=1S/C61H39NO/c1-3-19-43(20-4-1)61(44-21-5-2-6-22-44)55-29-15-13-27-51(55)52-36-35-46(39-56(52)61)62(57-38-42-18-8-10-24-48(42)60-59(57)53-28-14-16-30-58(53)63-60)45-33-31-40(32-34-45)54-37-41-17-7-9-23-47(41)49-25-11-12-26-50(49)54/h1-39H. The van der Waals surface area contributed by atoms with Crippen molar-refractivity contribution in [2.75, 3.05) is 4.90 Å². The van der Waals surface area contributed by atoms with Gasteiger partial charge in [0.05, 0.1) is 16.5 Å². The van der Waals surface area contributed by atoms with Crippen LogP contribution in [0.4, 0.5) is 17.1 Å². The number of rotatable bonds is 6. The summed E-state index contributed by atoms with van der Waals surface area (Å²) >= 11 is 0. The van der Waals surface area contributed by atoms with Crippen molar-refractivity contribution in [3.8, 4) is 22.3 Å². The van der Waals surface area contributed by atoms with Crippen LogP contribution in [0.15, 0.2) is 241 Å². The number of anilines is 3. The lowest BCUT2D eigenvalue weighted by Gasteiger charge is -2.35. The van der Waals surface area contributed by atoms with E-state index in [4.69, 9.17) is 4.42 Å². The van der Waals surface area contributed by atoms with Crippen LogP contribution < -0.4 is 4.90 Å². The highest BCUT2D eigenvalue weighted by molar-refractivity contribution is 6.22. The summed E-state index contributed by atoms with van der Waals surface area (Å²) in [7, 11) is 0. The zero-order valence-corrected chi connectivity index (χ0v) is 34.4. The minimum absolute atomic E-state index is 0.543. The molecule has 0 radical (unpaired) electrons. The summed E-state index contributed by atoms with van der Waals surface area (Å²) in [5, 5.41) is 9.43. The Hall–Kier alpha value is -8.20. The van der Waals surface area contributed by atoms with E-state index in [0.29, 0.717) is 0 Å². The van der Waals surface area contributed by atoms with Crippen LogP contribution in [-0.4, -0.2) is 0 Å². The molecule has 0 spiro atoms. The van der Waals surface area contributed by atoms with E-state index in [1.165, 1.54) is 66.1 Å². The summed E-state index contributed by atoms with van der Waals surface area (Å²) in [4.78, 5) is 2.46.